The molecule has 3 heteroatoms. The maximum Gasteiger partial charge on any atom is 0.223 e. The number of hydrogen-bond donors (Lipinski definition) is 1. The van der Waals surface area contributed by atoms with Gasteiger partial charge < -0.3 is 10.2 Å². The van der Waals surface area contributed by atoms with Crippen molar-refractivity contribution in [2.24, 2.45) is 5.92 Å². The van der Waals surface area contributed by atoms with E-state index in [1.54, 1.807) is 0 Å². The number of rotatable bonds is 3. The average Bonchev–Trinajstić information content (AvgIpc) is 2.74. The van der Waals surface area contributed by atoms with Gasteiger partial charge in [-0.05, 0) is 18.8 Å². The molecular formula is C11H18N2O. The Bertz CT molecular complexity index is 239. The number of amides is 1. The Kier molecular flexibility index (Phi) is 2.87. The summed E-state index contributed by atoms with van der Waals surface area (Å²) >= 11 is 0. The molecule has 0 spiro atoms. The lowest BCUT2D eigenvalue weighted by Gasteiger charge is -2.23. The van der Waals surface area contributed by atoms with Crippen LogP contribution >= 0.6 is 0 Å². The first-order chi connectivity index (χ1) is 6.83. The minimum absolute atomic E-state index is 0.307. The largest absolute Gasteiger partial charge is 0.338 e. The van der Waals surface area contributed by atoms with Crippen molar-refractivity contribution in [1.29, 1.82) is 0 Å². The highest BCUT2D eigenvalue weighted by molar-refractivity contribution is 5.77. The molecule has 2 rings (SSSR count). The van der Waals surface area contributed by atoms with E-state index in [4.69, 9.17) is 0 Å². The number of fused-ring (bicyclic) bond motifs is 1. The van der Waals surface area contributed by atoms with Gasteiger partial charge in [0, 0.05) is 32.1 Å². The van der Waals surface area contributed by atoms with Gasteiger partial charge >= 0.3 is 0 Å². The van der Waals surface area contributed by atoms with E-state index in [2.05, 4.69) is 16.8 Å². The molecule has 0 radical (unpaired) electrons. The minimum atomic E-state index is 0.307. The molecule has 3 nitrogen and oxygen atoms in total. The summed E-state index contributed by atoms with van der Waals surface area (Å²) < 4.78 is 0. The summed E-state index contributed by atoms with van der Waals surface area (Å²) in [5.41, 5.74) is 0. The van der Waals surface area contributed by atoms with Crippen molar-refractivity contribution in [3.63, 3.8) is 0 Å². The van der Waals surface area contributed by atoms with Crippen molar-refractivity contribution >= 4 is 5.91 Å². The van der Waals surface area contributed by atoms with Crippen molar-refractivity contribution in [2.75, 3.05) is 19.6 Å². The first kappa shape index (κ1) is 9.71. The third kappa shape index (κ3) is 1.69. The van der Waals surface area contributed by atoms with Gasteiger partial charge in [0.15, 0.2) is 0 Å². The summed E-state index contributed by atoms with van der Waals surface area (Å²) in [6.45, 7) is 6.69. The van der Waals surface area contributed by atoms with Gasteiger partial charge in [-0.2, -0.15) is 0 Å². The zero-order valence-electron chi connectivity index (χ0n) is 8.54. The fourth-order valence-corrected chi connectivity index (χ4v) is 2.53. The van der Waals surface area contributed by atoms with Crippen LogP contribution < -0.4 is 5.32 Å². The summed E-state index contributed by atoms with van der Waals surface area (Å²) in [6.07, 6.45) is 4.43. The SMILES string of the molecule is C=CCCC(=O)N1CC[C@H]2CNC[C@H]21. The number of carbonyl (C=O) groups excluding carboxylic acids is 1. The molecule has 0 aromatic rings. The van der Waals surface area contributed by atoms with Crippen LogP contribution in [0.15, 0.2) is 12.7 Å². The van der Waals surface area contributed by atoms with Crippen LogP contribution in [-0.2, 0) is 4.79 Å². The van der Waals surface area contributed by atoms with Crippen molar-refractivity contribution in [3.8, 4) is 0 Å². The zero-order valence-corrected chi connectivity index (χ0v) is 8.54. The number of nitrogens with zero attached hydrogens (tertiary/aromatic N) is 1. The molecule has 0 saturated carbocycles. The number of allylic oxidation sites excluding steroid dienone is 1. The first-order valence-electron chi connectivity index (χ1n) is 5.44. The predicted octanol–water partition coefficient (Wildman–Crippen LogP) is 0.773. The molecule has 1 amide bonds. The molecule has 0 unspecified atom stereocenters. The molecular weight excluding hydrogens is 176 g/mol. The highest BCUT2D eigenvalue weighted by Gasteiger charge is 2.39. The van der Waals surface area contributed by atoms with Crippen LogP contribution in [0.2, 0.25) is 0 Å². The summed E-state index contributed by atoms with van der Waals surface area (Å²) in [5, 5.41) is 3.35. The molecule has 2 fully saturated rings. The maximum atomic E-state index is 11.8. The minimum Gasteiger partial charge on any atom is -0.338 e. The van der Waals surface area contributed by atoms with Gasteiger partial charge in [-0.15, -0.1) is 6.58 Å². The number of nitrogens with one attached hydrogen (secondary N) is 1. The second kappa shape index (κ2) is 4.13. The van der Waals surface area contributed by atoms with Crippen LogP contribution in [0.1, 0.15) is 19.3 Å². The smallest absolute Gasteiger partial charge is 0.223 e. The van der Waals surface area contributed by atoms with Gasteiger partial charge in [-0.25, -0.2) is 0 Å². The molecule has 0 aliphatic carbocycles. The molecule has 2 saturated heterocycles. The van der Waals surface area contributed by atoms with Crippen molar-refractivity contribution in [1.82, 2.24) is 10.2 Å². The van der Waals surface area contributed by atoms with E-state index in [0.717, 1.165) is 26.1 Å². The average molecular weight is 194 g/mol. The van der Waals surface area contributed by atoms with E-state index in [0.29, 0.717) is 24.3 Å². The van der Waals surface area contributed by atoms with E-state index >= 15 is 0 Å². The third-order valence-corrected chi connectivity index (χ3v) is 3.33. The summed E-state index contributed by atoms with van der Waals surface area (Å²) in [7, 11) is 0. The summed E-state index contributed by atoms with van der Waals surface area (Å²) in [6, 6.07) is 0.479. The molecule has 2 aliphatic rings. The Morgan fingerprint density at radius 1 is 1.57 bits per heavy atom. The maximum absolute atomic E-state index is 11.8. The Hall–Kier alpha value is -0.830. The van der Waals surface area contributed by atoms with Gasteiger partial charge in [-0.3, -0.25) is 4.79 Å². The van der Waals surface area contributed by atoms with E-state index in [1.165, 1.54) is 6.42 Å². The number of carbonyl (C=O) groups is 1. The van der Waals surface area contributed by atoms with E-state index < -0.39 is 0 Å². The van der Waals surface area contributed by atoms with Gasteiger partial charge in [0.05, 0.1) is 0 Å². The fourth-order valence-electron chi connectivity index (χ4n) is 2.53. The van der Waals surface area contributed by atoms with Crippen LogP contribution in [0, 0.1) is 5.92 Å². The quantitative estimate of drug-likeness (QED) is 0.673. The monoisotopic (exact) mass is 194 g/mol. The number of likely N-dealkylation sites (tertiary alicyclic amines) is 1. The molecule has 78 valence electrons. The normalized spacial score (nSPS) is 30.4. The van der Waals surface area contributed by atoms with E-state index in [1.807, 2.05) is 6.08 Å². The molecule has 2 atom stereocenters. The molecule has 2 aliphatic heterocycles. The lowest BCUT2D eigenvalue weighted by atomic mass is 10.1. The Morgan fingerprint density at radius 2 is 2.43 bits per heavy atom. The topological polar surface area (TPSA) is 32.3 Å². The predicted molar refractivity (Wildman–Crippen MR) is 55.9 cm³/mol. The number of hydrogen-bond acceptors (Lipinski definition) is 2. The standard InChI is InChI=1S/C11H18N2O/c1-2-3-4-11(14)13-6-5-9-7-12-8-10(9)13/h2,9-10,12H,1,3-8H2/t9-,10+/m0/s1. The highest BCUT2D eigenvalue weighted by atomic mass is 16.2. The molecule has 2 heterocycles. The highest BCUT2D eigenvalue weighted by Crippen LogP contribution is 2.27. The van der Waals surface area contributed by atoms with Crippen molar-refractivity contribution < 1.29 is 4.79 Å². The fraction of sp³-hybridized carbons (Fsp3) is 0.727. The lowest BCUT2D eigenvalue weighted by Crippen LogP contribution is -2.38. The second-order valence-corrected chi connectivity index (χ2v) is 4.19. The molecule has 0 bridgehead atoms. The Balaban J connectivity index is 1.91. The second-order valence-electron chi connectivity index (χ2n) is 4.19. The summed E-state index contributed by atoms with van der Waals surface area (Å²) in [5.74, 6) is 1.02. The van der Waals surface area contributed by atoms with Gasteiger partial charge in [-0.1, -0.05) is 6.08 Å². The molecule has 14 heavy (non-hydrogen) atoms. The van der Waals surface area contributed by atoms with Crippen LogP contribution in [0.4, 0.5) is 0 Å². The molecule has 1 N–H and O–H groups in total. The molecule has 0 aromatic carbocycles. The van der Waals surface area contributed by atoms with Gasteiger partial charge in [0.2, 0.25) is 5.91 Å². The Morgan fingerprint density at radius 3 is 3.21 bits per heavy atom. The van der Waals surface area contributed by atoms with Crippen molar-refractivity contribution in [3.05, 3.63) is 12.7 Å². The van der Waals surface area contributed by atoms with E-state index in [-0.39, 0.29) is 0 Å². The third-order valence-electron chi connectivity index (χ3n) is 3.33. The first-order valence-corrected chi connectivity index (χ1v) is 5.44. The zero-order chi connectivity index (χ0) is 9.97. The van der Waals surface area contributed by atoms with Crippen LogP contribution in [0.3, 0.4) is 0 Å². The van der Waals surface area contributed by atoms with Crippen molar-refractivity contribution in [2.45, 2.75) is 25.3 Å². The van der Waals surface area contributed by atoms with Crippen LogP contribution in [-0.4, -0.2) is 36.5 Å². The lowest BCUT2D eigenvalue weighted by molar-refractivity contribution is -0.131. The molecule has 0 aromatic heterocycles. The van der Waals surface area contributed by atoms with Crippen LogP contribution in [0.25, 0.3) is 0 Å². The van der Waals surface area contributed by atoms with Crippen LogP contribution in [0.5, 0.6) is 0 Å². The van der Waals surface area contributed by atoms with Gasteiger partial charge in [0.1, 0.15) is 0 Å². The van der Waals surface area contributed by atoms with Gasteiger partial charge in [0.25, 0.3) is 0 Å². The summed E-state index contributed by atoms with van der Waals surface area (Å²) in [4.78, 5) is 13.9. The van der Waals surface area contributed by atoms with E-state index in [9.17, 15) is 4.79 Å². The Labute approximate surface area is 85.2 Å².